The zero-order valence-corrected chi connectivity index (χ0v) is 14.0. The van der Waals surface area contributed by atoms with Gasteiger partial charge < -0.3 is 15.0 Å². The lowest BCUT2D eigenvalue weighted by Crippen LogP contribution is -2.38. The summed E-state index contributed by atoms with van der Waals surface area (Å²) in [5, 5.41) is 13.9. The molecule has 1 aromatic rings. The molecule has 0 aliphatic rings. The van der Waals surface area contributed by atoms with Gasteiger partial charge in [-0.15, -0.1) is 0 Å². The number of hydrogen-bond donors (Lipinski definition) is 1. The van der Waals surface area contributed by atoms with E-state index in [1.54, 1.807) is 0 Å². The van der Waals surface area contributed by atoms with Crippen LogP contribution in [0.4, 0.5) is 11.4 Å². The fourth-order valence-corrected chi connectivity index (χ4v) is 2.17. The Balaban J connectivity index is 3.19. The lowest BCUT2D eigenvalue weighted by Gasteiger charge is -2.20. The molecule has 0 saturated carbocycles. The van der Waals surface area contributed by atoms with Crippen LogP contribution in [0.2, 0.25) is 5.02 Å². The molecular weight excluding hydrogens is 326 g/mol. The van der Waals surface area contributed by atoms with E-state index in [1.807, 2.05) is 13.8 Å². The van der Waals surface area contributed by atoms with Gasteiger partial charge in [0.05, 0.1) is 29.2 Å². The molecule has 8 nitrogen and oxygen atoms in total. The van der Waals surface area contributed by atoms with Crippen LogP contribution in [-0.4, -0.2) is 43.5 Å². The Kier molecular flexibility index (Phi) is 6.32. The van der Waals surface area contributed by atoms with Crippen molar-refractivity contribution in [3.05, 3.63) is 32.8 Å². The summed E-state index contributed by atoms with van der Waals surface area (Å²) in [6.07, 6.45) is 0. The number of rotatable bonds is 6. The van der Waals surface area contributed by atoms with Crippen LogP contribution < -0.4 is 10.2 Å². The number of halogens is 1. The monoisotopic (exact) mass is 343 g/mol. The highest BCUT2D eigenvalue weighted by molar-refractivity contribution is 6.34. The first-order valence-corrected chi connectivity index (χ1v) is 7.12. The molecule has 126 valence electrons. The standard InChI is InChI=1S/C14H18ClN3O5/c1-8(2)16-13(19)7-17(3)11-6-10(15)9(14(20)23-4)5-12(11)18(21)22/h5-6,8H,7H2,1-4H3,(H,16,19). The van der Waals surface area contributed by atoms with E-state index in [1.165, 1.54) is 18.0 Å². The van der Waals surface area contributed by atoms with Gasteiger partial charge in [0, 0.05) is 19.2 Å². The summed E-state index contributed by atoms with van der Waals surface area (Å²) in [7, 11) is 2.68. The van der Waals surface area contributed by atoms with Gasteiger partial charge in [0.1, 0.15) is 5.69 Å². The van der Waals surface area contributed by atoms with Gasteiger partial charge in [-0.25, -0.2) is 4.79 Å². The van der Waals surface area contributed by atoms with Gasteiger partial charge in [-0.3, -0.25) is 14.9 Å². The molecule has 0 fully saturated rings. The molecule has 1 N–H and O–H groups in total. The third kappa shape index (κ3) is 4.82. The van der Waals surface area contributed by atoms with Gasteiger partial charge in [0.25, 0.3) is 5.69 Å². The van der Waals surface area contributed by atoms with E-state index in [9.17, 15) is 19.7 Å². The number of amides is 1. The molecule has 0 heterocycles. The average Bonchev–Trinajstić information content (AvgIpc) is 2.44. The molecule has 0 spiro atoms. The SMILES string of the molecule is COC(=O)c1cc([N+](=O)[O-])c(N(C)CC(=O)NC(C)C)cc1Cl. The lowest BCUT2D eigenvalue weighted by molar-refractivity contribution is -0.384. The summed E-state index contributed by atoms with van der Waals surface area (Å²) in [4.78, 5) is 35.4. The van der Waals surface area contributed by atoms with E-state index in [0.29, 0.717) is 0 Å². The molecule has 1 rings (SSSR count). The molecule has 0 saturated heterocycles. The zero-order chi connectivity index (χ0) is 17.7. The summed E-state index contributed by atoms with van der Waals surface area (Å²) >= 11 is 5.99. The smallest absolute Gasteiger partial charge is 0.339 e. The van der Waals surface area contributed by atoms with Crippen LogP contribution in [0.1, 0.15) is 24.2 Å². The molecule has 9 heteroatoms. The minimum Gasteiger partial charge on any atom is -0.465 e. The van der Waals surface area contributed by atoms with E-state index < -0.39 is 10.9 Å². The first kappa shape index (κ1) is 18.7. The molecule has 23 heavy (non-hydrogen) atoms. The summed E-state index contributed by atoms with van der Waals surface area (Å²) in [6.45, 7) is 3.53. The van der Waals surface area contributed by atoms with Gasteiger partial charge in [-0.2, -0.15) is 0 Å². The maximum atomic E-state index is 11.8. The molecular formula is C14H18ClN3O5. The van der Waals surface area contributed by atoms with Crippen LogP contribution in [0, 0.1) is 10.1 Å². The van der Waals surface area contributed by atoms with E-state index >= 15 is 0 Å². The molecule has 0 radical (unpaired) electrons. The fraction of sp³-hybridized carbons (Fsp3) is 0.429. The van der Waals surface area contributed by atoms with Crippen molar-refractivity contribution in [1.82, 2.24) is 5.32 Å². The van der Waals surface area contributed by atoms with Gasteiger partial charge in [-0.05, 0) is 19.9 Å². The summed E-state index contributed by atoms with van der Waals surface area (Å²) < 4.78 is 4.54. The maximum Gasteiger partial charge on any atom is 0.339 e. The number of carbonyl (C=O) groups excluding carboxylic acids is 2. The number of hydrogen-bond acceptors (Lipinski definition) is 6. The second-order valence-corrected chi connectivity index (χ2v) is 5.55. The number of anilines is 1. The Bertz CT molecular complexity index is 633. The molecule has 0 unspecified atom stereocenters. The Labute approximate surface area is 138 Å². The van der Waals surface area contributed by atoms with Crippen LogP contribution in [0.25, 0.3) is 0 Å². The minimum absolute atomic E-state index is 0.00793. The second-order valence-electron chi connectivity index (χ2n) is 5.15. The third-order valence-electron chi connectivity index (χ3n) is 2.91. The molecule has 0 aromatic heterocycles. The first-order chi connectivity index (χ1) is 10.7. The lowest BCUT2D eigenvalue weighted by atomic mass is 10.1. The van der Waals surface area contributed by atoms with E-state index in [2.05, 4.69) is 10.1 Å². The van der Waals surface area contributed by atoms with Gasteiger partial charge in [0.15, 0.2) is 0 Å². The number of nitro benzene ring substituents is 1. The number of benzene rings is 1. The number of esters is 1. The van der Waals surface area contributed by atoms with Crippen molar-refractivity contribution >= 4 is 34.9 Å². The highest BCUT2D eigenvalue weighted by atomic mass is 35.5. The van der Waals surface area contributed by atoms with E-state index in [4.69, 9.17) is 11.6 Å². The first-order valence-electron chi connectivity index (χ1n) is 6.74. The normalized spacial score (nSPS) is 10.3. The van der Waals surface area contributed by atoms with Gasteiger partial charge in [0.2, 0.25) is 5.91 Å². The van der Waals surface area contributed by atoms with Crippen LogP contribution in [0.5, 0.6) is 0 Å². The van der Waals surface area contributed by atoms with Gasteiger partial charge in [-0.1, -0.05) is 11.6 Å². The van der Waals surface area contributed by atoms with E-state index in [0.717, 1.165) is 13.2 Å². The molecule has 0 aliphatic heterocycles. The van der Waals surface area contributed by atoms with Crippen molar-refractivity contribution < 1.29 is 19.2 Å². The number of nitro groups is 1. The van der Waals surface area contributed by atoms with Crippen molar-refractivity contribution in [2.75, 3.05) is 25.6 Å². The average molecular weight is 344 g/mol. The number of nitrogens with zero attached hydrogens (tertiary/aromatic N) is 2. The Hall–Kier alpha value is -2.35. The third-order valence-corrected chi connectivity index (χ3v) is 3.22. The van der Waals surface area contributed by atoms with Crippen LogP contribution in [0.15, 0.2) is 12.1 Å². The highest BCUT2D eigenvalue weighted by Gasteiger charge is 2.24. The van der Waals surface area contributed by atoms with Crippen molar-refractivity contribution in [2.45, 2.75) is 19.9 Å². The molecule has 0 bridgehead atoms. The van der Waals surface area contributed by atoms with Crippen molar-refractivity contribution in [1.29, 1.82) is 0 Å². The molecule has 1 amide bonds. The van der Waals surface area contributed by atoms with Crippen molar-refractivity contribution in [2.24, 2.45) is 0 Å². The minimum atomic E-state index is -0.773. The highest BCUT2D eigenvalue weighted by Crippen LogP contribution is 2.33. The fourth-order valence-electron chi connectivity index (χ4n) is 1.94. The number of likely N-dealkylation sites (N-methyl/N-ethyl adjacent to an activating group) is 1. The zero-order valence-electron chi connectivity index (χ0n) is 13.3. The summed E-state index contributed by atoms with van der Waals surface area (Å²) in [5.41, 5.74) is -0.314. The maximum absolute atomic E-state index is 11.8. The summed E-state index contributed by atoms with van der Waals surface area (Å²) in [6, 6.07) is 2.27. The quantitative estimate of drug-likeness (QED) is 0.481. The number of methoxy groups -OCH3 is 1. The second kappa shape index (κ2) is 7.77. The predicted molar refractivity (Wildman–Crippen MR) is 86.0 cm³/mol. The number of ether oxygens (including phenoxy) is 1. The largest absolute Gasteiger partial charge is 0.465 e. The van der Waals surface area contributed by atoms with Crippen molar-refractivity contribution in [3.63, 3.8) is 0 Å². The molecule has 0 aliphatic carbocycles. The van der Waals surface area contributed by atoms with E-state index in [-0.39, 0.29) is 40.5 Å². The number of nitrogens with one attached hydrogen (secondary N) is 1. The Morgan fingerprint density at radius 2 is 2.04 bits per heavy atom. The van der Waals surface area contributed by atoms with Crippen LogP contribution >= 0.6 is 11.6 Å². The summed E-state index contributed by atoms with van der Waals surface area (Å²) in [5.74, 6) is -1.06. The predicted octanol–water partition coefficient (Wildman–Crippen LogP) is 2.00. The topological polar surface area (TPSA) is 102 Å². The van der Waals surface area contributed by atoms with Crippen LogP contribution in [0.3, 0.4) is 0 Å². The Morgan fingerprint density at radius 1 is 1.43 bits per heavy atom. The van der Waals surface area contributed by atoms with Crippen molar-refractivity contribution in [3.8, 4) is 0 Å². The Morgan fingerprint density at radius 3 is 2.52 bits per heavy atom. The molecule has 0 atom stereocenters. The number of carbonyl (C=O) groups is 2. The van der Waals surface area contributed by atoms with Crippen LogP contribution in [-0.2, 0) is 9.53 Å². The molecule has 1 aromatic carbocycles. The van der Waals surface area contributed by atoms with Gasteiger partial charge >= 0.3 is 5.97 Å².